The summed E-state index contributed by atoms with van der Waals surface area (Å²) in [7, 11) is 0. The van der Waals surface area contributed by atoms with Gasteiger partial charge in [-0.3, -0.25) is 4.90 Å². The van der Waals surface area contributed by atoms with E-state index in [4.69, 9.17) is 0 Å². The van der Waals surface area contributed by atoms with Crippen molar-refractivity contribution in [2.45, 2.75) is 78.8 Å². The van der Waals surface area contributed by atoms with Crippen LogP contribution in [0.15, 0.2) is 0 Å². The van der Waals surface area contributed by atoms with Gasteiger partial charge in [0.25, 0.3) is 0 Å². The predicted molar refractivity (Wildman–Crippen MR) is 68.2 cm³/mol. The maximum absolute atomic E-state index is 2.74. The van der Waals surface area contributed by atoms with E-state index in [9.17, 15) is 0 Å². The van der Waals surface area contributed by atoms with Crippen molar-refractivity contribution in [2.75, 3.05) is 6.54 Å². The fourth-order valence-corrected chi connectivity index (χ4v) is 2.81. The van der Waals surface area contributed by atoms with Gasteiger partial charge in [-0.15, -0.1) is 0 Å². The molecule has 1 saturated heterocycles. The van der Waals surface area contributed by atoms with Gasteiger partial charge in [-0.05, 0) is 45.6 Å². The van der Waals surface area contributed by atoms with Gasteiger partial charge in [0.1, 0.15) is 0 Å². The minimum Gasteiger partial charge on any atom is -0.295 e. The molecule has 1 heterocycles. The zero-order valence-electron chi connectivity index (χ0n) is 11.6. The van der Waals surface area contributed by atoms with Gasteiger partial charge in [0.05, 0.1) is 0 Å². The summed E-state index contributed by atoms with van der Waals surface area (Å²) in [6.07, 6.45) is 5.58. The SMILES string of the molecule is CC(C)(C)C1CCCCCN1C(C)(C)C. The summed E-state index contributed by atoms with van der Waals surface area (Å²) >= 11 is 0. The lowest BCUT2D eigenvalue weighted by molar-refractivity contribution is 0.0245. The quantitative estimate of drug-likeness (QED) is 0.583. The normalized spacial score (nSPS) is 26.4. The lowest BCUT2D eigenvalue weighted by atomic mass is 9.81. The average molecular weight is 211 g/mol. The van der Waals surface area contributed by atoms with Gasteiger partial charge >= 0.3 is 0 Å². The van der Waals surface area contributed by atoms with Crippen LogP contribution < -0.4 is 0 Å². The molecular weight excluding hydrogens is 182 g/mol. The molecule has 0 aromatic heterocycles. The molecule has 0 saturated carbocycles. The van der Waals surface area contributed by atoms with E-state index in [1.54, 1.807) is 0 Å². The van der Waals surface area contributed by atoms with Gasteiger partial charge in [-0.2, -0.15) is 0 Å². The van der Waals surface area contributed by atoms with E-state index in [-0.39, 0.29) is 0 Å². The van der Waals surface area contributed by atoms with E-state index < -0.39 is 0 Å². The molecule has 0 aromatic carbocycles. The van der Waals surface area contributed by atoms with Gasteiger partial charge in [-0.1, -0.05) is 33.6 Å². The number of hydrogen-bond acceptors (Lipinski definition) is 1. The van der Waals surface area contributed by atoms with Crippen molar-refractivity contribution in [3.63, 3.8) is 0 Å². The Kier molecular flexibility index (Phi) is 3.86. The van der Waals surface area contributed by atoms with Crippen molar-refractivity contribution in [2.24, 2.45) is 5.41 Å². The topological polar surface area (TPSA) is 3.24 Å². The highest BCUT2D eigenvalue weighted by Gasteiger charge is 2.36. The van der Waals surface area contributed by atoms with E-state index in [1.165, 1.54) is 32.2 Å². The number of hydrogen-bond donors (Lipinski definition) is 0. The molecule has 1 atom stereocenters. The third-order valence-electron chi connectivity index (χ3n) is 3.61. The molecule has 0 spiro atoms. The van der Waals surface area contributed by atoms with Crippen LogP contribution in [0.4, 0.5) is 0 Å². The summed E-state index contributed by atoms with van der Waals surface area (Å²) in [6.45, 7) is 15.5. The number of likely N-dealkylation sites (tertiary alicyclic amines) is 1. The zero-order valence-corrected chi connectivity index (χ0v) is 11.6. The Morgan fingerprint density at radius 2 is 1.47 bits per heavy atom. The molecule has 1 aliphatic heterocycles. The van der Waals surface area contributed by atoms with E-state index >= 15 is 0 Å². The minimum absolute atomic E-state index is 0.322. The zero-order chi connectivity index (χ0) is 11.7. The third kappa shape index (κ3) is 3.48. The Labute approximate surface area is 96.2 Å². The molecule has 0 radical (unpaired) electrons. The molecule has 0 bridgehead atoms. The standard InChI is InChI=1S/C14H29N/c1-13(2,3)12-10-8-7-9-11-15(12)14(4,5)6/h12H,7-11H2,1-6H3. The molecule has 0 aliphatic carbocycles. The fraction of sp³-hybridized carbons (Fsp3) is 1.00. The van der Waals surface area contributed by atoms with Gasteiger partial charge in [0.2, 0.25) is 0 Å². The molecular formula is C14H29N. The van der Waals surface area contributed by atoms with Crippen LogP contribution in [0.25, 0.3) is 0 Å². The summed E-state index contributed by atoms with van der Waals surface area (Å²) in [5, 5.41) is 0. The van der Waals surface area contributed by atoms with Crippen molar-refractivity contribution in [1.29, 1.82) is 0 Å². The smallest absolute Gasteiger partial charge is 0.0149 e. The largest absolute Gasteiger partial charge is 0.295 e. The molecule has 0 aromatic rings. The summed E-state index contributed by atoms with van der Waals surface area (Å²) in [5.41, 5.74) is 0.736. The van der Waals surface area contributed by atoms with Crippen LogP contribution >= 0.6 is 0 Å². The van der Waals surface area contributed by atoms with Crippen molar-refractivity contribution in [1.82, 2.24) is 4.90 Å². The number of nitrogens with zero attached hydrogens (tertiary/aromatic N) is 1. The van der Waals surface area contributed by atoms with Gasteiger partial charge in [0, 0.05) is 11.6 Å². The lowest BCUT2D eigenvalue weighted by Gasteiger charge is -2.46. The molecule has 1 fully saturated rings. The highest BCUT2D eigenvalue weighted by atomic mass is 15.2. The van der Waals surface area contributed by atoms with E-state index in [1.807, 2.05) is 0 Å². The summed E-state index contributed by atoms with van der Waals surface area (Å²) in [6, 6.07) is 0.750. The molecule has 0 amide bonds. The monoisotopic (exact) mass is 211 g/mol. The summed E-state index contributed by atoms with van der Waals surface area (Å²) < 4.78 is 0. The first-order valence-electron chi connectivity index (χ1n) is 6.49. The van der Waals surface area contributed by atoms with E-state index in [0.717, 1.165) is 6.04 Å². The molecule has 1 nitrogen and oxygen atoms in total. The summed E-state index contributed by atoms with van der Waals surface area (Å²) in [4.78, 5) is 2.74. The second-order valence-electron chi connectivity index (χ2n) is 7.10. The number of rotatable bonds is 0. The van der Waals surface area contributed by atoms with E-state index in [0.29, 0.717) is 11.0 Å². The van der Waals surface area contributed by atoms with E-state index in [2.05, 4.69) is 46.4 Å². The Balaban J connectivity index is 2.86. The van der Waals surface area contributed by atoms with Crippen molar-refractivity contribution in [3.8, 4) is 0 Å². The van der Waals surface area contributed by atoms with Gasteiger partial charge in [-0.25, -0.2) is 0 Å². The maximum atomic E-state index is 2.74. The molecule has 0 N–H and O–H groups in total. The molecule has 15 heavy (non-hydrogen) atoms. The predicted octanol–water partition coefficient (Wildman–Crippen LogP) is 4.08. The van der Waals surface area contributed by atoms with Crippen LogP contribution in [0.3, 0.4) is 0 Å². The van der Waals surface area contributed by atoms with Crippen LogP contribution in [0.1, 0.15) is 67.2 Å². The first kappa shape index (κ1) is 13.0. The average Bonchev–Trinajstić information content (AvgIpc) is 2.24. The fourth-order valence-electron chi connectivity index (χ4n) is 2.81. The van der Waals surface area contributed by atoms with Gasteiger partial charge in [0.15, 0.2) is 0 Å². The Hall–Kier alpha value is -0.0400. The van der Waals surface area contributed by atoms with Crippen molar-refractivity contribution in [3.05, 3.63) is 0 Å². The van der Waals surface area contributed by atoms with Crippen LogP contribution in [-0.2, 0) is 0 Å². The Morgan fingerprint density at radius 3 is 1.93 bits per heavy atom. The highest BCUT2D eigenvalue weighted by Crippen LogP contribution is 2.35. The van der Waals surface area contributed by atoms with Crippen LogP contribution in [-0.4, -0.2) is 23.0 Å². The lowest BCUT2D eigenvalue weighted by Crippen LogP contribution is -2.52. The second kappa shape index (κ2) is 4.45. The molecule has 1 heteroatoms. The molecule has 1 unspecified atom stereocenters. The van der Waals surface area contributed by atoms with Crippen LogP contribution in [0, 0.1) is 5.41 Å². The van der Waals surface area contributed by atoms with Crippen LogP contribution in [0.2, 0.25) is 0 Å². The Morgan fingerprint density at radius 1 is 0.867 bits per heavy atom. The first-order chi connectivity index (χ1) is 6.73. The summed E-state index contributed by atoms with van der Waals surface area (Å²) in [5.74, 6) is 0. The van der Waals surface area contributed by atoms with Crippen LogP contribution in [0.5, 0.6) is 0 Å². The second-order valence-corrected chi connectivity index (χ2v) is 7.10. The molecule has 1 aliphatic rings. The third-order valence-corrected chi connectivity index (χ3v) is 3.61. The van der Waals surface area contributed by atoms with Gasteiger partial charge < -0.3 is 0 Å². The van der Waals surface area contributed by atoms with Crippen molar-refractivity contribution >= 4 is 0 Å². The molecule has 1 rings (SSSR count). The Bertz CT molecular complexity index is 172. The minimum atomic E-state index is 0.322. The first-order valence-corrected chi connectivity index (χ1v) is 6.49. The maximum Gasteiger partial charge on any atom is 0.0149 e. The highest BCUT2D eigenvalue weighted by molar-refractivity contribution is 4.91. The van der Waals surface area contributed by atoms with Crippen molar-refractivity contribution < 1.29 is 0 Å². The molecule has 90 valence electrons.